The smallest absolute Gasteiger partial charge is 0.128 e. The van der Waals surface area contributed by atoms with Crippen LogP contribution in [0.15, 0.2) is 35.3 Å². The molecule has 0 saturated carbocycles. The number of aliphatic imine (C=N–C) groups is 1. The summed E-state index contributed by atoms with van der Waals surface area (Å²) in [6.07, 6.45) is 0. The average molecular weight is 159 g/mol. The molecule has 0 aromatic heterocycles. The molecule has 0 aliphatic rings. The van der Waals surface area contributed by atoms with Crippen LogP contribution in [0.5, 0.6) is 0 Å². The minimum atomic E-state index is 0.112. The maximum Gasteiger partial charge on any atom is 0.128 e. The lowest BCUT2D eigenvalue weighted by Gasteiger charge is -1.97. The molecule has 0 saturated heterocycles. The Kier molecular flexibility index (Phi) is 2.86. The van der Waals surface area contributed by atoms with Crippen LogP contribution in [0.4, 0.5) is 0 Å². The first-order valence-electron chi connectivity index (χ1n) is 3.57. The maximum atomic E-state index is 8.25. The van der Waals surface area contributed by atoms with Gasteiger partial charge in [0.1, 0.15) is 12.4 Å². The number of rotatable bonds is 2. The molecule has 1 aromatic rings. The molecular weight excluding hydrogens is 150 g/mol. The van der Waals surface area contributed by atoms with Crippen molar-refractivity contribution in [3.63, 3.8) is 0 Å². The predicted molar refractivity (Wildman–Crippen MR) is 47.6 cm³/mol. The maximum absolute atomic E-state index is 8.25. The average Bonchev–Trinajstić information content (AvgIpc) is 2.15. The summed E-state index contributed by atoms with van der Waals surface area (Å²) in [5.74, 6) is 0.414. The molecule has 0 unspecified atom stereocenters. The monoisotopic (exact) mass is 159 g/mol. The zero-order chi connectivity index (χ0) is 8.81. The molecule has 60 valence electrons. The molecular formula is C9H9N3. The molecule has 0 aliphatic heterocycles. The standard InChI is InChI=1S/C9H9N3/c10-6-7-12-9(11)8-4-2-1-3-5-8/h1-5H,7H2,(H2,11,12). The molecule has 3 heteroatoms. The fourth-order valence-electron chi connectivity index (χ4n) is 0.821. The van der Waals surface area contributed by atoms with E-state index in [1.54, 1.807) is 0 Å². The van der Waals surface area contributed by atoms with Crippen LogP contribution >= 0.6 is 0 Å². The summed E-state index contributed by atoms with van der Waals surface area (Å²) in [5, 5.41) is 8.25. The topological polar surface area (TPSA) is 62.2 Å². The van der Waals surface area contributed by atoms with Crippen molar-refractivity contribution in [2.24, 2.45) is 10.7 Å². The summed E-state index contributed by atoms with van der Waals surface area (Å²) in [6, 6.07) is 11.3. The zero-order valence-electron chi connectivity index (χ0n) is 6.57. The summed E-state index contributed by atoms with van der Waals surface area (Å²) in [6.45, 7) is 0.112. The Hall–Kier alpha value is -1.82. The van der Waals surface area contributed by atoms with Gasteiger partial charge in [0.15, 0.2) is 0 Å². The highest BCUT2D eigenvalue weighted by Gasteiger charge is 1.93. The molecule has 0 radical (unpaired) electrons. The summed E-state index contributed by atoms with van der Waals surface area (Å²) in [4.78, 5) is 3.85. The van der Waals surface area contributed by atoms with Crippen molar-refractivity contribution in [2.75, 3.05) is 6.54 Å². The largest absolute Gasteiger partial charge is 0.383 e. The lowest BCUT2D eigenvalue weighted by molar-refractivity contribution is 1.22. The Morgan fingerprint density at radius 1 is 1.42 bits per heavy atom. The van der Waals surface area contributed by atoms with Crippen LogP contribution in [0, 0.1) is 11.3 Å². The van der Waals surface area contributed by atoms with Gasteiger partial charge in [-0.1, -0.05) is 30.3 Å². The third-order valence-electron chi connectivity index (χ3n) is 1.39. The van der Waals surface area contributed by atoms with Crippen LogP contribution in [0.25, 0.3) is 0 Å². The Balaban J connectivity index is 2.79. The molecule has 3 nitrogen and oxygen atoms in total. The first-order chi connectivity index (χ1) is 5.84. The van der Waals surface area contributed by atoms with E-state index in [1.807, 2.05) is 36.4 Å². The Morgan fingerprint density at radius 2 is 2.08 bits per heavy atom. The van der Waals surface area contributed by atoms with E-state index in [9.17, 15) is 0 Å². The highest BCUT2D eigenvalue weighted by Crippen LogP contribution is 1.96. The molecule has 1 rings (SSSR count). The van der Waals surface area contributed by atoms with Crippen LogP contribution < -0.4 is 5.73 Å². The van der Waals surface area contributed by atoms with Crippen LogP contribution in [-0.4, -0.2) is 12.4 Å². The lowest BCUT2D eigenvalue weighted by atomic mass is 10.2. The van der Waals surface area contributed by atoms with Gasteiger partial charge in [0.25, 0.3) is 0 Å². The van der Waals surface area contributed by atoms with Gasteiger partial charge in [0.05, 0.1) is 6.07 Å². The summed E-state index contributed by atoms with van der Waals surface area (Å²) in [5.41, 5.74) is 6.43. The molecule has 0 amide bonds. The first kappa shape index (κ1) is 8.28. The van der Waals surface area contributed by atoms with E-state index in [1.165, 1.54) is 0 Å². The molecule has 0 heterocycles. The number of amidine groups is 1. The van der Waals surface area contributed by atoms with E-state index in [2.05, 4.69) is 4.99 Å². The van der Waals surface area contributed by atoms with Gasteiger partial charge in [0, 0.05) is 5.56 Å². The molecule has 0 atom stereocenters. The second-order valence-electron chi connectivity index (χ2n) is 2.23. The van der Waals surface area contributed by atoms with Gasteiger partial charge in [-0.2, -0.15) is 5.26 Å². The second kappa shape index (κ2) is 4.14. The summed E-state index contributed by atoms with van der Waals surface area (Å²) >= 11 is 0. The van der Waals surface area contributed by atoms with Crippen LogP contribution in [-0.2, 0) is 0 Å². The van der Waals surface area contributed by atoms with Crippen molar-refractivity contribution in [3.8, 4) is 6.07 Å². The highest BCUT2D eigenvalue weighted by atomic mass is 14.8. The van der Waals surface area contributed by atoms with Crippen molar-refractivity contribution in [2.45, 2.75) is 0 Å². The third-order valence-corrected chi connectivity index (χ3v) is 1.39. The van der Waals surface area contributed by atoms with Crippen molar-refractivity contribution in [3.05, 3.63) is 35.9 Å². The van der Waals surface area contributed by atoms with Crippen molar-refractivity contribution in [1.82, 2.24) is 0 Å². The van der Waals surface area contributed by atoms with E-state index in [4.69, 9.17) is 11.0 Å². The van der Waals surface area contributed by atoms with Gasteiger partial charge in [-0.25, -0.2) is 0 Å². The molecule has 1 aromatic carbocycles. The highest BCUT2D eigenvalue weighted by molar-refractivity contribution is 5.97. The lowest BCUT2D eigenvalue weighted by Crippen LogP contribution is -2.13. The third kappa shape index (κ3) is 2.10. The van der Waals surface area contributed by atoms with Crippen molar-refractivity contribution in [1.29, 1.82) is 5.26 Å². The van der Waals surface area contributed by atoms with Crippen molar-refractivity contribution < 1.29 is 0 Å². The Morgan fingerprint density at radius 3 is 2.67 bits per heavy atom. The van der Waals surface area contributed by atoms with Crippen LogP contribution in [0.2, 0.25) is 0 Å². The fourth-order valence-corrected chi connectivity index (χ4v) is 0.821. The van der Waals surface area contributed by atoms with Gasteiger partial charge < -0.3 is 5.73 Å². The van der Waals surface area contributed by atoms with Gasteiger partial charge in [0.2, 0.25) is 0 Å². The van der Waals surface area contributed by atoms with Gasteiger partial charge in [-0.15, -0.1) is 0 Å². The number of benzene rings is 1. The van der Waals surface area contributed by atoms with E-state index in [0.717, 1.165) is 5.56 Å². The number of hydrogen-bond acceptors (Lipinski definition) is 2. The van der Waals surface area contributed by atoms with E-state index in [-0.39, 0.29) is 6.54 Å². The zero-order valence-corrected chi connectivity index (χ0v) is 6.57. The normalized spacial score (nSPS) is 10.8. The summed E-state index contributed by atoms with van der Waals surface area (Å²) in [7, 11) is 0. The quantitative estimate of drug-likeness (QED) is 0.396. The Labute approximate surface area is 71.2 Å². The minimum Gasteiger partial charge on any atom is -0.383 e. The predicted octanol–water partition coefficient (Wildman–Crippen LogP) is 0.915. The molecule has 0 aliphatic carbocycles. The van der Waals surface area contributed by atoms with E-state index >= 15 is 0 Å². The van der Waals surface area contributed by atoms with Gasteiger partial charge in [-0.05, 0) is 0 Å². The number of nitrogens with two attached hydrogens (primary N) is 1. The van der Waals surface area contributed by atoms with E-state index in [0.29, 0.717) is 5.84 Å². The molecule has 0 bridgehead atoms. The van der Waals surface area contributed by atoms with Gasteiger partial charge in [-0.3, -0.25) is 4.99 Å². The fraction of sp³-hybridized carbons (Fsp3) is 0.111. The van der Waals surface area contributed by atoms with Gasteiger partial charge >= 0.3 is 0 Å². The van der Waals surface area contributed by atoms with Crippen LogP contribution in [0.3, 0.4) is 0 Å². The second-order valence-corrected chi connectivity index (χ2v) is 2.23. The summed E-state index contributed by atoms with van der Waals surface area (Å²) < 4.78 is 0. The first-order valence-corrected chi connectivity index (χ1v) is 3.57. The number of hydrogen-bond donors (Lipinski definition) is 1. The van der Waals surface area contributed by atoms with Crippen LogP contribution in [0.1, 0.15) is 5.56 Å². The number of nitriles is 1. The Bertz CT molecular complexity index is 308. The SMILES string of the molecule is N#CCN=C(N)c1ccccc1. The minimum absolute atomic E-state index is 0.112. The molecule has 2 N–H and O–H groups in total. The molecule has 0 spiro atoms. The number of nitrogens with zero attached hydrogens (tertiary/aromatic N) is 2. The van der Waals surface area contributed by atoms with E-state index < -0.39 is 0 Å². The molecule has 0 fully saturated rings. The molecule has 12 heavy (non-hydrogen) atoms. The van der Waals surface area contributed by atoms with Crippen molar-refractivity contribution >= 4 is 5.84 Å².